The number of imidazole rings is 2. The van der Waals surface area contributed by atoms with Crippen LogP contribution in [0.1, 0.15) is 58.4 Å². The second kappa shape index (κ2) is 12.8. The molecule has 0 spiro atoms. The Balaban J connectivity index is 1.64. The number of unbranched alkanes of at least 4 members (excludes halogenated alkanes) is 2. The molecule has 4 heterocycles. The second-order valence-electron chi connectivity index (χ2n) is 9.77. The number of rotatable bonds is 13. The molecule has 0 aliphatic heterocycles. The molecule has 4 rings (SSSR count). The molecule has 40 heavy (non-hydrogen) atoms. The highest BCUT2D eigenvalue weighted by Gasteiger charge is 2.32. The highest BCUT2D eigenvalue weighted by molar-refractivity contribution is 7.99. The largest absolute Gasteiger partial charge is 0.481 e. The van der Waals surface area contributed by atoms with E-state index in [4.69, 9.17) is 4.98 Å². The van der Waals surface area contributed by atoms with Gasteiger partial charge in [0.2, 0.25) is 0 Å². The molecule has 0 saturated heterocycles. The van der Waals surface area contributed by atoms with Gasteiger partial charge in [-0.25, -0.2) is 15.0 Å². The van der Waals surface area contributed by atoms with E-state index < -0.39 is 23.6 Å². The number of halogens is 3. The van der Waals surface area contributed by atoms with Gasteiger partial charge in [0.25, 0.3) is 0 Å². The fourth-order valence-electron chi connectivity index (χ4n) is 4.91. The fourth-order valence-corrected chi connectivity index (χ4v) is 6.86. The summed E-state index contributed by atoms with van der Waals surface area (Å²) in [6.45, 7) is 6.16. The molecule has 4 aromatic heterocycles. The van der Waals surface area contributed by atoms with Crippen molar-refractivity contribution in [3.8, 4) is 11.5 Å². The molecule has 0 fully saturated rings. The first kappa shape index (κ1) is 30.2. The smallest absolute Gasteiger partial charge is 0.416 e. The van der Waals surface area contributed by atoms with Crippen LogP contribution in [0, 0.1) is 11.8 Å². The molecule has 216 valence electrons. The predicted molar refractivity (Wildman–Crippen MR) is 154 cm³/mol. The lowest BCUT2D eigenvalue weighted by Gasteiger charge is -2.22. The number of carboxylic acid groups (broad SMARTS) is 1. The molecule has 0 aliphatic carbocycles. The summed E-state index contributed by atoms with van der Waals surface area (Å²) in [5, 5.41) is 10.6. The molecular formula is C28H34F3N5O2S2. The van der Waals surface area contributed by atoms with E-state index in [1.807, 2.05) is 13.0 Å². The number of hydrogen-bond acceptors (Lipinski definition) is 6. The topological polar surface area (TPSA) is 85.3 Å². The van der Waals surface area contributed by atoms with Crippen LogP contribution in [0.3, 0.4) is 0 Å². The Kier molecular flexibility index (Phi) is 9.71. The van der Waals surface area contributed by atoms with E-state index in [9.17, 15) is 23.1 Å². The van der Waals surface area contributed by atoms with E-state index in [0.29, 0.717) is 39.2 Å². The number of alkyl halides is 3. The number of fused-ring (bicyclic) bond motifs is 2. The van der Waals surface area contributed by atoms with Gasteiger partial charge < -0.3 is 9.67 Å². The van der Waals surface area contributed by atoms with Gasteiger partial charge in [-0.3, -0.25) is 9.20 Å². The minimum Gasteiger partial charge on any atom is -0.481 e. The Bertz CT molecular complexity index is 1480. The molecule has 0 radical (unpaired) electrons. The third-order valence-electron chi connectivity index (χ3n) is 7.11. The van der Waals surface area contributed by atoms with Gasteiger partial charge in [0.05, 0.1) is 11.5 Å². The lowest BCUT2D eigenvalue weighted by atomic mass is 9.87. The minimum absolute atomic E-state index is 0.122. The molecular weight excluding hydrogens is 559 g/mol. The van der Waals surface area contributed by atoms with Crippen LogP contribution in [0.4, 0.5) is 13.2 Å². The van der Waals surface area contributed by atoms with Crippen molar-refractivity contribution in [3.05, 3.63) is 36.2 Å². The van der Waals surface area contributed by atoms with E-state index in [2.05, 4.69) is 23.8 Å². The molecule has 1 N–H and O–H groups in total. The Morgan fingerprint density at radius 2 is 1.90 bits per heavy atom. The Morgan fingerprint density at radius 3 is 2.55 bits per heavy atom. The summed E-state index contributed by atoms with van der Waals surface area (Å²) < 4.78 is 43.4. The maximum atomic E-state index is 13.3. The summed E-state index contributed by atoms with van der Waals surface area (Å²) in [4.78, 5) is 26.8. The Morgan fingerprint density at radius 1 is 1.12 bits per heavy atom. The highest BCUT2D eigenvalue weighted by atomic mass is 32.2. The van der Waals surface area contributed by atoms with Crippen molar-refractivity contribution in [2.75, 3.05) is 11.5 Å². The van der Waals surface area contributed by atoms with Crippen molar-refractivity contribution in [1.82, 2.24) is 23.9 Å². The van der Waals surface area contributed by atoms with Crippen LogP contribution >= 0.6 is 23.5 Å². The van der Waals surface area contributed by atoms with Crippen molar-refractivity contribution in [1.29, 1.82) is 0 Å². The van der Waals surface area contributed by atoms with Crippen LogP contribution < -0.4 is 0 Å². The summed E-state index contributed by atoms with van der Waals surface area (Å²) in [5.74, 6) is 0.548. The van der Waals surface area contributed by atoms with E-state index in [0.717, 1.165) is 49.1 Å². The van der Waals surface area contributed by atoms with Gasteiger partial charge in [-0.2, -0.15) is 13.2 Å². The molecule has 2 atom stereocenters. The standard InChI is InChI=1S/C28H34F3N5O2S2/c1-5-8-9-10-17(6-2)20(27(37)38)16-40-19-14-21-24(32-15-19)35(4)25(33-21)23-26(39-7-3)36-12-11-18(28(29,30)31)13-22(36)34-23/h11-15,17,20H,5-10,16H2,1-4H3,(H,37,38). The van der Waals surface area contributed by atoms with E-state index in [-0.39, 0.29) is 11.6 Å². The maximum Gasteiger partial charge on any atom is 0.416 e. The van der Waals surface area contributed by atoms with Crippen molar-refractivity contribution >= 4 is 46.3 Å². The zero-order chi connectivity index (χ0) is 29.0. The van der Waals surface area contributed by atoms with Gasteiger partial charge >= 0.3 is 12.1 Å². The number of thioether (sulfide) groups is 2. The first-order valence-electron chi connectivity index (χ1n) is 13.5. The molecule has 12 heteroatoms. The number of hydrogen-bond donors (Lipinski definition) is 1. The van der Waals surface area contributed by atoms with Gasteiger partial charge in [-0.1, -0.05) is 46.5 Å². The first-order valence-corrected chi connectivity index (χ1v) is 15.5. The van der Waals surface area contributed by atoms with Gasteiger partial charge in [0.1, 0.15) is 21.9 Å². The minimum atomic E-state index is -4.46. The Labute approximate surface area is 240 Å². The molecule has 4 aromatic rings. The summed E-state index contributed by atoms with van der Waals surface area (Å²) in [5.41, 5.74) is 1.16. The number of aryl methyl sites for hydroxylation is 1. The van der Waals surface area contributed by atoms with Crippen molar-refractivity contribution in [2.45, 2.75) is 69.0 Å². The van der Waals surface area contributed by atoms with Crippen LogP contribution in [0.15, 0.2) is 40.5 Å². The van der Waals surface area contributed by atoms with Crippen molar-refractivity contribution in [2.24, 2.45) is 18.9 Å². The molecule has 7 nitrogen and oxygen atoms in total. The van der Waals surface area contributed by atoms with Crippen LogP contribution in [-0.2, 0) is 18.0 Å². The monoisotopic (exact) mass is 593 g/mol. The number of carbonyl (C=O) groups is 1. The summed E-state index contributed by atoms with van der Waals surface area (Å²) in [6, 6.07) is 3.98. The molecule has 0 amide bonds. The number of nitrogens with zero attached hydrogens (tertiary/aromatic N) is 5. The van der Waals surface area contributed by atoms with Crippen molar-refractivity contribution in [3.63, 3.8) is 0 Å². The van der Waals surface area contributed by atoms with Crippen molar-refractivity contribution < 1.29 is 23.1 Å². The Hall–Kier alpha value is -2.73. The second-order valence-corrected chi connectivity index (χ2v) is 12.1. The van der Waals surface area contributed by atoms with Crippen LogP contribution in [0.5, 0.6) is 0 Å². The van der Waals surface area contributed by atoms with Crippen LogP contribution in [0.2, 0.25) is 0 Å². The predicted octanol–water partition coefficient (Wildman–Crippen LogP) is 7.81. The number of aromatic nitrogens is 5. The molecule has 0 saturated carbocycles. The molecule has 0 aliphatic rings. The summed E-state index contributed by atoms with van der Waals surface area (Å²) in [6.07, 6.45) is 3.62. The van der Waals surface area contributed by atoms with Crippen LogP contribution in [0.25, 0.3) is 28.3 Å². The maximum absolute atomic E-state index is 13.3. The first-order chi connectivity index (χ1) is 19.1. The summed E-state index contributed by atoms with van der Waals surface area (Å²) in [7, 11) is 1.80. The zero-order valence-electron chi connectivity index (χ0n) is 23.0. The molecule has 0 aromatic carbocycles. The average molecular weight is 594 g/mol. The lowest BCUT2D eigenvalue weighted by molar-refractivity contribution is -0.143. The lowest BCUT2D eigenvalue weighted by Crippen LogP contribution is -2.25. The third-order valence-corrected chi connectivity index (χ3v) is 9.14. The average Bonchev–Trinajstić information content (AvgIpc) is 3.43. The van der Waals surface area contributed by atoms with Gasteiger partial charge in [0.15, 0.2) is 11.5 Å². The zero-order valence-corrected chi connectivity index (χ0v) is 24.7. The third kappa shape index (κ3) is 6.43. The quantitative estimate of drug-likeness (QED) is 0.125. The van der Waals surface area contributed by atoms with E-state index in [1.54, 1.807) is 22.2 Å². The number of pyridine rings is 2. The number of carboxylic acids is 1. The molecule has 2 unspecified atom stereocenters. The number of aliphatic carboxylic acids is 1. The highest BCUT2D eigenvalue weighted by Crippen LogP contribution is 2.36. The van der Waals surface area contributed by atoms with E-state index in [1.165, 1.54) is 29.7 Å². The SMILES string of the molecule is CCCCCC(CC)C(CSc1cnc2c(c1)nc(-c1nc3cc(C(F)(F)F)ccn3c1SCC)n2C)C(=O)O. The summed E-state index contributed by atoms with van der Waals surface area (Å²) >= 11 is 2.94. The molecule has 0 bridgehead atoms. The fraction of sp³-hybridized carbons (Fsp3) is 0.500. The normalized spacial score (nSPS) is 13.8. The van der Waals surface area contributed by atoms with Gasteiger partial charge in [0, 0.05) is 30.1 Å². The van der Waals surface area contributed by atoms with Crippen LogP contribution in [-0.4, -0.2) is 46.5 Å². The van der Waals surface area contributed by atoms with Gasteiger partial charge in [-0.05, 0) is 36.3 Å². The van der Waals surface area contributed by atoms with Gasteiger partial charge in [-0.15, -0.1) is 23.5 Å². The van der Waals surface area contributed by atoms with E-state index >= 15 is 0 Å².